The molecule has 0 N–H and O–H groups in total. The van der Waals surface area contributed by atoms with Gasteiger partial charge in [0, 0.05) is 16.3 Å². The highest BCUT2D eigenvalue weighted by atomic mass is 32.2. The highest BCUT2D eigenvalue weighted by Gasteiger charge is 2.12. The fraction of sp³-hybridized carbons (Fsp3) is 0. The summed E-state index contributed by atoms with van der Waals surface area (Å²) in [5, 5.41) is 12.2. The van der Waals surface area contributed by atoms with Crippen LogP contribution in [0.3, 0.4) is 0 Å². The van der Waals surface area contributed by atoms with Crippen molar-refractivity contribution in [2.45, 2.75) is 9.92 Å². The van der Waals surface area contributed by atoms with E-state index in [9.17, 15) is 14.5 Å². The van der Waals surface area contributed by atoms with E-state index >= 15 is 0 Å². The van der Waals surface area contributed by atoms with Crippen molar-refractivity contribution in [2.75, 3.05) is 0 Å². The molecule has 104 valence electrons. The zero-order chi connectivity index (χ0) is 14.8. The molecule has 5 nitrogen and oxygen atoms in total. The van der Waals surface area contributed by atoms with Gasteiger partial charge >= 0.3 is 0 Å². The summed E-state index contributed by atoms with van der Waals surface area (Å²) in [7, 11) is 0. The molecule has 1 heterocycles. The number of hydrogen-bond acceptors (Lipinski definition) is 5. The molecule has 0 saturated carbocycles. The first kappa shape index (κ1) is 13.4. The number of fused-ring (bicyclic) bond motifs is 1. The molecule has 0 aliphatic heterocycles. The second-order valence-corrected chi connectivity index (χ2v) is 5.26. The summed E-state index contributed by atoms with van der Waals surface area (Å²) in [6.45, 7) is 0. The van der Waals surface area contributed by atoms with E-state index in [0.29, 0.717) is 9.92 Å². The van der Waals surface area contributed by atoms with Crippen LogP contribution in [0.4, 0.5) is 10.1 Å². The van der Waals surface area contributed by atoms with Gasteiger partial charge in [-0.25, -0.2) is 14.4 Å². The number of benzene rings is 2. The van der Waals surface area contributed by atoms with Crippen LogP contribution in [0.25, 0.3) is 10.9 Å². The zero-order valence-electron chi connectivity index (χ0n) is 10.6. The maximum absolute atomic E-state index is 13.5. The van der Waals surface area contributed by atoms with E-state index in [2.05, 4.69) is 9.97 Å². The number of aromatic nitrogens is 2. The Hall–Kier alpha value is -2.54. The van der Waals surface area contributed by atoms with Gasteiger partial charge in [-0.15, -0.1) is 0 Å². The number of para-hydroxylation sites is 1. The Morgan fingerprint density at radius 1 is 1.14 bits per heavy atom. The first-order valence-electron chi connectivity index (χ1n) is 5.96. The van der Waals surface area contributed by atoms with Gasteiger partial charge < -0.3 is 0 Å². The van der Waals surface area contributed by atoms with Gasteiger partial charge in [-0.2, -0.15) is 0 Å². The third kappa shape index (κ3) is 2.82. The van der Waals surface area contributed by atoms with Crippen LogP contribution in [0.2, 0.25) is 0 Å². The Morgan fingerprint density at radius 2 is 1.95 bits per heavy atom. The average Bonchev–Trinajstić information content (AvgIpc) is 2.47. The predicted octanol–water partition coefficient (Wildman–Crippen LogP) is 3.83. The first-order chi connectivity index (χ1) is 10.1. The first-order valence-corrected chi connectivity index (χ1v) is 6.78. The molecule has 0 aliphatic rings. The molecule has 0 unspecified atom stereocenters. The second kappa shape index (κ2) is 5.45. The number of non-ortho nitro benzene ring substituents is 1. The van der Waals surface area contributed by atoms with Crippen LogP contribution in [-0.2, 0) is 0 Å². The van der Waals surface area contributed by atoms with Crippen molar-refractivity contribution in [3.8, 4) is 0 Å². The minimum atomic E-state index is -0.648. The van der Waals surface area contributed by atoms with E-state index in [1.165, 1.54) is 30.2 Å². The van der Waals surface area contributed by atoms with Crippen molar-refractivity contribution in [2.24, 2.45) is 0 Å². The van der Waals surface area contributed by atoms with E-state index in [1.807, 2.05) is 24.3 Å². The fourth-order valence-electron chi connectivity index (χ4n) is 1.89. The molecule has 3 rings (SSSR count). The summed E-state index contributed by atoms with van der Waals surface area (Å²) in [6.07, 6.45) is 1.42. The molecule has 0 atom stereocenters. The third-order valence-corrected chi connectivity index (χ3v) is 3.78. The zero-order valence-corrected chi connectivity index (χ0v) is 11.4. The van der Waals surface area contributed by atoms with E-state index in [-0.39, 0.29) is 5.69 Å². The molecular weight excluding hydrogens is 293 g/mol. The lowest BCUT2D eigenvalue weighted by Crippen LogP contribution is -1.91. The highest BCUT2D eigenvalue weighted by Crippen LogP contribution is 2.33. The Bertz CT molecular complexity index is 836. The van der Waals surface area contributed by atoms with Crippen molar-refractivity contribution in [3.05, 3.63) is 64.7 Å². The molecule has 2 aromatic carbocycles. The van der Waals surface area contributed by atoms with Crippen molar-refractivity contribution in [1.29, 1.82) is 0 Å². The Morgan fingerprint density at radius 3 is 2.76 bits per heavy atom. The maximum Gasteiger partial charge on any atom is 0.273 e. The lowest BCUT2D eigenvalue weighted by Gasteiger charge is -2.04. The minimum Gasteiger partial charge on any atom is -0.258 e. The Labute approximate surface area is 123 Å². The van der Waals surface area contributed by atoms with E-state index in [4.69, 9.17) is 0 Å². The van der Waals surface area contributed by atoms with Crippen LogP contribution in [-0.4, -0.2) is 14.9 Å². The molecule has 0 amide bonds. The summed E-state index contributed by atoms with van der Waals surface area (Å²) in [5.74, 6) is -0.648. The van der Waals surface area contributed by atoms with Gasteiger partial charge in [0.05, 0.1) is 16.5 Å². The number of rotatable bonds is 3. The van der Waals surface area contributed by atoms with Gasteiger partial charge in [-0.05, 0) is 12.1 Å². The van der Waals surface area contributed by atoms with Crippen LogP contribution in [0.15, 0.2) is 58.7 Å². The smallest absolute Gasteiger partial charge is 0.258 e. The molecule has 3 aromatic rings. The Kier molecular flexibility index (Phi) is 3.49. The Balaban J connectivity index is 2.05. The SMILES string of the molecule is O=[N+]([O-])c1cc(F)cc(Sc2ncnc3ccccc23)c1. The van der Waals surface area contributed by atoms with E-state index < -0.39 is 10.7 Å². The van der Waals surface area contributed by atoms with Gasteiger partial charge in [0.25, 0.3) is 5.69 Å². The fourth-order valence-corrected chi connectivity index (χ4v) is 2.84. The lowest BCUT2D eigenvalue weighted by molar-refractivity contribution is -0.385. The summed E-state index contributed by atoms with van der Waals surface area (Å²) < 4.78 is 13.5. The molecule has 7 heteroatoms. The van der Waals surface area contributed by atoms with Crippen LogP contribution < -0.4 is 0 Å². The third-order valence-electron chi connectivity index (χ3n) is 2.79. The van der Waals surface area contributed by atoms with Crippen LogP contribution in [0.5, 0.6) is 0 Å². The number of nitro benzene ring substituents is 1. The molecule has 0 saturated heterocycles. The average molecular weight is 301 g/mol. The normalized spacial score (nSPS) is 10.7. The number of hydrogen-bond donors (Lipinski definition) is 0. The summed E-state index contributed by atoms with van der Waals surface area (Å²) in [5.41, 5.74) is 0.483. The van der Waals surface area contributed by atoms with Crippen molar-refractivity contribution in [3.63, 3.8) is 0 Å². The number of nitro groups is 1. The molecule has 0 bridgehead atoms. The maximum atomic E-state index is 13.5. The quantitative estimate of drug-likeness (QED) is 0.418. The van der Waals surface area contributed by atoms with E-state index in [0.717, 1.165) is 17.0 Å². The summed E-state index contributed by atoms with van der Waals surface area (Å²) >= 11 is 1.17. The molecular formula is C14H8FN3O2S. The number of nitrogens with zero attached hydrogens (tertiary/aromatic N) is 3. The highest BCUT2D eigenvalue weighted by molar-refractivity contribution is 7.99. The largest absolute Gasteiger partial charge is 0.273 e. The standard InChI is InChI=1S/C14H8FN3O2S/c15-9-5-10(18(19)20)7-11(6-9)21-14-12-3-1-2-4-13(12)16-8-17-14/h1-8H. The van der Waals surface area contributed by atoms with Gasteiger partial charge in [-0.1, -0.05) is 30.0 Å². The molecule has 0 spiro atoms. The molecule has 1 aromatic heterocycles. The summed E-state index contributed by atoms with van der Waals surface area (Å²) in [4.78, 5) is 18.9. The van der Waals surface area contributed by atoms with Crippen molar-refractivity contribution in [1.82, 2.24) is 9.97 Å². The van der Waals surface area contributed by atoms with Gasteiger partial charge in [0.1, 0.15) is 17.2 Å². The van der Waals surface area contributed by atoms with Crippen LogP contribution >= 0.6 is 11.8 Å². The lowest BCUT2D eigenvalue weighted by atomic mass is 10.2. The molecule has 0 fully saturated rings. The topological polar surface area (TPSA) is 68.9 Å². The van der Waals surface area contributed by atoms with Crippen LogP contribution in [0.1, 0.15) is 0 Å². The second-order valence-electron chi connectivity index (χ2n) is 4.20. The van der Waals surface area contributed by atoms with Gasteiger partial charge in [0.15, 0.2) is 0 Å². The van der Waals surface area contributed by atoms with Gasteiger partial charge in [0.2, 0.25) is 0 Å². The van der Waals surface area contributed by atoms with E-state index in [1.54, 1.807) is 0 Å². The predicted molar refractivity (Wildman–Crippen MR) is 76.7 cm³/mol. The van der Waals surface area contributed by atoms with Crippen molar-refractivity contribution >= 4 is 28.4 Å². The number of halogens is 1. The molecule has 0 radical (unpaired) electrons. The minimum absolute atomic E-state index is 0.282. The summed E-state index contributed by atoms with van der Waals surface area (Å²) in [6, 6.07) is 10.9. The van der Waals surface area contributed by atoms with Crippen molar-refractivity contribution < 1.29 is 9.31 Å². The molecule has 0 aliphatic carbocycles. The monoisotopic (exact) mass is 301 g/mol. The van der Waals surface area contributed by atoms with Gasteiger partial charge in [-0.3, -0.25) is 10.1 Å². The molecule has 21 heavy (non-hydrogen) atoms. The van der Waals surface area contributed by atoms with Crippen LogP contribution in [0, 0.1) is 15.9 Å².